The molecule has 0 saturated carbocycles. The number of aromatic nitrogens is 3. The molecule has 3 aromatic rings. The predicted octanol–water partition coefficient (Wildman–Crippen LogP) is 3.10. The zero-order valence-corrected chi connectivity index (χ0v) is 13.8. The van der Waals surface area contributed by atoms with Crippen molar-refractivity contribution >= 4 is 17.2 Å². The van der Waals surface area contributed by atoms with Gasteiger partial charge in [0.25, 0.3) is 0 Å². The quantitative estimate of drug-likeness (QED) is 0.730. The van der Waals surface area contributed by atoms with Crippen LogP contribution >= 0.6 is 11.3 Å². The van der Waals surface area contributed by atoms with Crippen molar-refractivity contribution in [2.45, 2.75) is 25.3 Å². The number of carbonyl (C=O) groups excluding carboxylic acids is 1. The molecule has 3 aromatic heterocycles. The number of nitrogens with zero attached hydrogens (tertiary/aromatic N) is 4. The summed E-state index contributed by atoms with van der Waals surface area (Å²) in [6.45, 7) is 0.731. The highest BCUT2D eigenvalue weighted by molar-refractivity contribution is 7.08. The molecule has 24 heavy (non-hydrogen) atoms. The Kier molecular flexibility index (Phi) is 4.08. The van der Waals surface area contributed by atoms with Gasteiger partial charge in [-0.2, -0.15) is 16.3 Å². The summed E-state index contributed by atoms with van der Waals surface area (Å²) < 4.78 is 5.43. The van der Waals surface area contributed by atoms with Crippen molar-refractivity contribution in [1.29, 1.82) is 0 Å². The molecule has 0 bridgehead atoms. The molecule has 0 aromatic carbocycles. The van der Waals surface area contributed by atoms with Crippen LogP contribution in [-0.2, 0) is 11.2 Å². The first-order valence-electron chi connectivity index (χ1n) is 7.87. The van der Waals surface area contributed by atoms with Gasteiger partial charge in [-0.15, -0.1) is 0 Å². The Morgan fingerprint density at radius 3 is 3.12 bits per heavy atom. The minimum atomic E-state index is -0.138. The number of carbonyl (C=O) groups is 1. The number of hydrogen-bond acceptors (Lipinski definition) is 6. The van der Waals surface area contributed by atoms with Gasteiger partial charge in [-0.25, -0.2) is 0 Å². The van der Waals surface area contributed by atoms with E-state index >= 15 is 0 Å². The minimum absolute atomic E-state index is 0.105. The van der Waals surface area contributed by atoms with Gasteiger partial charge < -0.3 is 9.42 Å². The van der Waals surface area contributed by atoms with Crippen LogP contribution in [0.4, 0.5) is 0 Å². The van der Waals surface area contributed by atoms with Crippen LogP contribution in [0.2, 0.25) is 0 Å². The number of amides is 1. The van der Waals surface area contributed by atoms with Crippen LogP contribution in [0.1, 0.15) is 30.3 Å². The Hall–Kier alpha value is -2.54. The maximum absolute atomic E-state index is 12.6. The van der Waals surface area contributed by atoms with E-state index in [-0.39, 0.29) is 11.9 Å². The molecule has 1 aliphatic heterocycles. The summed E-state index contributed by atoms with van der Waals surface area (Å²) >= 11 is 1.60. The summed E-state index contributed by atoms with van der Waals surface area (Å²) in [5, 5.41) is 8.01. The fourth-order valence-electron chi connectivity index (χ4n) is 2.96. The number of pyridine rings is 1. The third-order valence-electron chi connectivity index (χ3n) is 4.13. The van der Waals surface area contributed by atoms with Crippen molar-refractivity contribution < 1.29 is 9.32 Å². The molecule has 4 rings (SSSR count). The summed E-state index contributed by atoms with van der Waals surface area (Å²) in [5.74, 6) is 1.06. The van der Waals surface area contributed by atoms with Gasteiger partial charge in [0.1, 0.15) is 11.7 Å². The molecular weight excluding hydrogens is 324 g/mol. The lowest BCUT2D eigenvalue weighted by Crippen LogP contribution is -2.31. The average Bonchev–Trinajstić information content (AvgIpc) is 3.36. The average molecular weight is 340 g/mol. The second-order valence-electron chi connectivity index (χ2n) is 5.72. The Labute approximate surface area is 143 Å². The van der Waals surface area contributed by atoms with E-state index in [4.69, 9.17) is 4.52 Å². The molecule has 0 radical (unpaired) electrons. The fourth-order valence-corrected chi connectivity index (χ4v) is 3.63. The van der Waals surface area contributed by atoms with Gasteiger partial charge in [0.05, 0.1) is 6.42 Å². The van der Waals surface area contributed by atoms with Gasteiger partial charge in [0.15, 0.2) is 0 Å². The third-order valence-corrected chi connectivity index (χ3v) is 4.86. The highest BCUT2D eigenvalue weighted by Crippen LogP contribution is 2.32. The normalized spacial score (nSPS) is 17.3. The lowest BCUT2D eigenvalue weighted by molar-refractivity contribution is -0.131. The monoisotopic (exact) mass is 340 g/mol. The number of thiophene rings is 1. The second kappa shape index (κ2) is 6.52. The Bertz CT molecular complexity index is 816. The van der Waals surface area contributed by atoms with Crippen molar-refractivity contribution in [3.8, 4) is 11.5 Å². The molecule has 1 amide bonds. The number of rotatable bonds is 4. The van der Waals surface area contributed by atoms with Crippen molar-refractivity contribution in [3.63, 3.8) is 0 Å². The molecule has 0 N–H and O–H groups in total. The number of hydrogen-bond donors (Lipinski definition) is 0. The molecule has 1 fully saturated rings. The SMILES string of the molecule is O=C(Cc1ccsc1)N1CCC[C@@H]1c1nc(-c2ccccn2)no1. The van der Waals surface area contributed by atoms with Gasteiger partial charge in [-0.05, 0) is 47.4 Å². The summed E-state index contributed by atoms with van der Waals surface area (Å²) in [6, 6.07) is 7.40. The van der Waals surface area contributed by atoms with E-state index in [1.165, 1.54) is 0 Å². The van der Waals surface area contributed by atoms with Crippen LogP contribution in [0.25, 0.3) is 11.5 Å². The smallest absolute Gasteiger partial charge is 0.249 e. The standard InChI is InChI=1S/C17H16N4O2S/c22-15(10-12-6-9-24-11-12)21-8-3-5-14(21)17-19-16(20-23-17)13-4-1-2-7-18-13/h1-2,4,6-7,9,11,14H,3,5,8,10H2/t14-/m1/s1. The highest BCUT2D eigenvalue weighted by atomic mass is 32.1. The van der Waals surface area contributed by atoms with Crippen molar-refractivity contribution in [1.82, 2.24) is 20.0 Å². The van der Waals surface area contributed by atoms with Crippen molar-refractivity contribution in [3.05, 3.63) is 52.7 Å². The van der Waals surface area contributed by atoms with Gasteiger partial charge in [0, 0.05) is 12.7 Å². The van der Waals surface area contributed by atoms with Gasteiger partial charge in [0.2, 0.25) is 17.6 Å². The maximum Gasteiger partial charge on any atom is 0.249 e. The summed E-state index contributed by atoms with van der Waals surface area (Å²) in [5.41, 5.74) is 1.72. The number of likely N-dealkylation sites (tertiary alicyclic amines) is 1. The zero-order chi connectivity index (χ0) is 16.4. The van der Waals surface area contributed by atoms with Crippen LogP contribution < -0.4 is 0 Å². The molecule has 0 unspecified atom stereocenters. The molecule has 1 aliphatic rings. The summed E-state index contributed by atoms with van der Waals surface area (Å²) in [7, 11) is 0. The Morgan fingerprint density at radius 2 is 2.33 bits per heavy atom. The lowest BCUT2D eigenvalue weighted by Gasteiger charge is -2.21. The third kappa shape index (κ3) is 2.94. The Morgan fingerprint density at radius 1 is 1.38 bits per heavy atom. The second-order valence-corrected chi connectivity index (χ2v) is 6.50. The van der Waals surface area contributed by atoms with E-state index in [0.29, 0.717) is 23.8 Å². The first kappa shape index (κ1) is 15.0. The molecule has 1 saturated heterocycles. The van der Waals surface area contributed by atoms with E-state index in [1.807, 2.05) is 39.9 Å². The molecule has 1 atom stereocenters. The topological polar surface area (TPSA) is 72.1 Å². The van der Waals surface area contributed by atoms with E-state index in [0.717, 1.165) is 24.9 Å². The van der Waals surface area contributed by atoms with E-state index in [2.05, 4.69) is 15.1 Å². The fraction of sp³-hybridized carbons (Fsp3) is 0.294. The molecule has 4 heterocycles. The predicted molar refractivity (Wildman–Crippen MR) is 89.2 cm³/mol. The maximum atomic E-state index is 12.6. The van der Waals surface area contributed by atoms with Crippen LogP contribution in [0.5, 0.6) is 0 Å². The van der Waals surface area contributed by atoms with Crippen LogP contribution in [-0.4, -0.2) is 32.5 Å². The van der Waals surface area contributed by atoms with Crippen LogP contribution in [0.3, 0.4) is 0 Å². The molecule has 6 nitrogen and oxygen atoms in total. The van der Waals surface area contributed by atoms with Gasteiger partial charge in [-0.3, -0.25) is 9.78 Å². The molecule has 7 heteroatoms. The molecule has 122 valence electrons. The Balaban J connectivity index is 1.53. The minimum Gasteiger partial charge on any atom is -0.337 e. The summed E-state index contributed by atoms with van der Waals surface area (Å²) in [6.07, 6.45) is 3.90. The van der Waals surface area contributed by atoms with Crippen molar-refractivity contribution in [2.24, 2.45) is 0 Å². The first-order chi connectivity index (χ1) is 11.8. The van der Waals surface area contributed by atoms with E-state index in [9.17, 15) is 4.79 Å². The molecule has 0 aliphatic carbocycles. The zero-order valence-electron chi connectivity index (χ0n) is 13.0. The first-order valence-corrected chi connectivity index (χ1v) is 8.81. The molecular formula is C17H16N4O2S. The summed E-state index contributed by atoms with van der Waals surface area (Å²) in [4.78, 5) is 23.1. The van der Waals surface area contributed by atoms with E-state index in [1.54, 1.807) is 17.5 Å². The molecule has 0 spiro atoms. The largest absolute Gasteiger partial charge is 0.337 e. The lowest BCUT2D eigenvalue weighted by atomic mass is 10.2. The van der Waals surface area contributed by atoms with Crippen molar-refractivity contribution in [2.75, 3.05) is 6.54 Å². The van der Waals surface area contributed by atoms with Gasteiger partial charge >= 0.3 is 0 Å². The van der Waals surface area contributed by atoms with Gasteiger partial charge in [-0.1, -0.05) is 11.2 Å². The van der Waals surface area contributed by atoms with Crippen LogP contribution in [0, 0.1) is 0 Å². The van der Waals surface area contributed by atoms with E-state index < -0.39 is 0 Å². The highest BCUT2D eigenvalue weighted by Gasteiger charge is 2.34. The van der Waals surface area contributed by atoms with Crippen LogP contribution in [0.15, 0.2) is 45.7 Å².